The number of rotatable bonds is 3. The van der Waals surface area contributed by atoms with Crippen LogP contribution in [0.15, 0.2) is 54.8 Å². The molecule has 2 unspecified atom stereocenters. The quantitative estimate of drug-likeness (QED) is 0.659. The molecule has 4 heteroatoms. The van der Waals surface area contributed by atoms with E-state index in [2.05, 4.69) is 37.3 Å². The van der Waals surface area contributed by atoms with E-state index >= 15 is 0 Å². The molecule has 1 saturated heterocycles. The predicted octanol–water partition coefficient (Wildman–Crippen LogP) is 2.81. The first kappa shape index (κ1) is 15.6. The van der Waals surface area contributed by atoms with E-state index in [1.807, 2.05) is 36.4 Å². The lowest BCUT2D eigenvalue weighted by molar-refractivity contribution is 0.190. The molecule has 120 valence electrons. The Hall–Kier alpha value is -2.30. The van der Waals surface area contributed by atoms with Crippen LogP contribution in [-0.4, -0.2) is 27.5 Å². The maximum Gasteiger partial charge on any atom is 0.149 e. The molecule has 1 fully saturated rings. The Morgan fingerprint density at radius 1 is 1.22 bits per heavy atom. The van der Waals surface area contributed by atoms with Gasteiger partial charge in [0.1, 0.15) is 12.3 Å². The van der Waals surface area contributed by atoms with E-state index in [1.54, 1.807) is 0 Å². The molecule has 0 amide bonds. The van der Waals surface area contributed by atoms with Gasteiger partial charge >= 0.3 is 0 Å². The number of nitrogens with one attached hydrogen (secondary N) is 2. The molecule has 2 aromatic rings. The molecule has 2 atom stereocenters. The minimum absolute atomic E-state index is 0.273. The van der Waals surface area contributed by atoms with Crippen LogP contribution < -0.4 is 5.32 Å². The molecule has 1 aliphatic rings. The number of hydrogen-bond acceptors (Lipinski definition) is 3. The fourth-order valence-electron chi connectivity index (χ4n) is 2.94. The summed E-state index contributed by atoms with van der Waals surface area (Å²) >= 11 is 0. The van der Waals surface area contributed by atoms with Crippen LogP contribution in [-0.2, 0) is 5.41 Å². The van der Waals surface area contributed by atoms with Gasteiger partial charge in [-0.3, -0.25) is 0 Å². The largest absolute Gasteiger partial charge is 0.382 e. The van der Waals surface area contributed by atoms with Gasteiger partial charge in [-0.2, -0.15) is 0 Å². The van der Waals surface area contributed by atoms with Gasteiger partial charge in [0.15, 0.2) is 0 Å². The number of aliphatic hydroxyl groups excluding tert-OH is 2. The van der Waals surface area contributed by atoms with Crippen molar-refractivity contribution in [1.82, 2.24) is 10.3 Å². The maximum atomic E-state index is 10.2. The Kier molecular flexibility index (Phi) is 3.66. The molecule has 0 saturated carbocycles. The number of H-pyrrole nitrogens is 1. The molecule has 3 rings (SSSR count). The van der Waals surface area contributed by atoms with E-state index in [4.69, 9.17) is 0 Å². The topological polar surface area (TPSA) is 68.3 Å². The highest BCUT2D eigenvalue weighted by molar-refractivity contribution is 5.92. The van der Waals surface area contributed by atoms with Crippen LogP contribution in [0.3, 0.4) is 0 Å². The monoisotopic (exact) mass is 310 g/mol. The summed E-state index contributed by atoms with van der Waals surface area (Å²) in [7, 11) is 0. The van der Waals surface area contributed by atoms with E-state index in [0.717, 1.165) is 22.2 Å². The van der Waals surface area contributed by atoms with Crippen LogP contribution in [0.25, 0.3) is 17.0 Å². The van der Waals surface area contributed by atoms with Crippen molar-refractivity contribution < 1.29 is 10.2 Å². The number of aromatic nitrogens is 1. The summed E-state index contributed by atoms with van der Waals surface area (Å²) in [4.78, 5) is 3.45. The van der Waals surface area contributed by atoms with E-state index in [9.17, 15) is 10.2 Å². The Labute approximate surface area is 135 Å². The van der Waals surface area contributed by atoms with Gasteiger partial charge < -0.3 is 20.5 Å². The number of para-hydroxylation sites is 1. The first-order valence-corrected chi connectivity index (χ1v) is 7.63. The summed E-state index contributed by atoms with van der Waals surface area (Å²) in [5.41, 5.74) is 3.60. The fraction of sp³-hybridized carbons (Fsp3) is 0.263. The fourth-order valence-corrected chi connectivity index (χ4v) is 2.94. The van der Waals surface area contributed by atoms with Gasteiger partial charge in [0.2, 0.25) is 0 Å². The van der Waals surface area contributed by atoms with Gasteiger partial charge in [0.05, 0.1) is 0 Å². The van der Waals surface area contributed by atoms with Crippen molar-refractivity contribution in [2.75, 3.05) is 0 Å². The predicted molar refractivity (Wildman–Crippen MR) is 93.8 cm³/mol. The molecule has 0 aliphatic carbocycles. The highest BCUT2D eigenvalue weighted by Gasteiger charge is 2.31. The molecule has 0 radical (unpaired) electrons. The average molecular weight is 310 g/mol. The molecule has 0 spiro atoms. The maximum absolute atomic E-state index is 10.2. The molecular formula is C19H22N2O2. The minimum Gasteiger partial charge on any atom is -0.382 e. The van der Waals surface area contributed by atoms with E-state index in [1.165, 1.54) is 0 Å². The van der Waals surface area contributed by atoms with Crippen molar-refractivity contribution in [3.63, 3.8) is 0 Å². The van der Waals surface area contributed by atoms with Crippen molar-refractivity contribution in [1.29, 1.82) is 0 Å². The summed E-state index contributed by atoms with van der Waals surface area (Å²) < 4.78 is 0. The number of aromatic amines is 1. The molecule has 23 heavy (non-hydrogen) atoms. The van der Waals surface area contributed by atoms with Crippen molar-refractivity contribution in [3.05, 3.63) is 66.0 Å². The lowest BCUT2D eigenvalue weighted by Crippen LogP contribution is -2.20. The van der Waals surface area contributed by atoms with Crippen LogP contribution >= 0.6 is 0 Å². The summed E-state index contributed by atoms with van der Waals surface area (Å²) in [5.74, 6) is 0. The second-order valence-electron chi connectivity index (χ2n) is 6.50. The van der Waals surface area contributed by atoms with Crippen molar-refractivity contribution in [2.24, 2.45) is 0 Å². The van der Waals surface area contributed by atoms with E-state index < -0.39 is 12.3 Å². The summed E-state index contributed by atoms with van der Waals surface area (Å²) in [5, 5.41) is 24.2. The Balaban J connectivity index is 2.26. The third kappa shape index (κ3) is 2.50. The zero-order valence-electron chi connectivity index (χ0n) is 13.4. The molecule has 4 nitrogen and oxygen atoms in total. The molecule has 2 heterocycles. The lowest BCUT2D eigenvalue weighted by atomic mass is 9.86. The molecular weight excluding hydrogens is 288 g/mol. The number of aliphatic hydroxyl groups is 2. The van der Waals surface area contributed by atoms with Crippen molar-refractivity contribution >= 4 is 17.0 Å². The third-order valence-electron chi connectivity index (χ3n) is 4.50. The molecule has 1 aromatic heterocycles. The van der Waals surface area contributed by atoms with Gasteiger partial charge in [-0.25, -0.2) is 0 Å². The lowest BCUT2D eigenvalue weighted by Gasteiger charge is -2.20. The number of benzene rings is 1. The second-order valence-corrected chi connectivity index (χ2v) is 6.50. The zero-order valence-corrected chi connectivity index (χ0v) is 13.4. The Bertz CT molecular complexity index is 814. The highest BCUT2D eigenvalue weighted by Crippen LogP contribution is 2.35. The SMILES string of the molecule is C=CC(C)(C)c1[nH]c2ccccc2c1C=C1C(O)NC(=C)C1O. The number of fused-ring (bicyclic) bond motifs is 1. The Morgan fingerprint density at radius 3 is 2.52 bits per heavy atom. The second kappa shape index (κ2) is 5.41. The average Bonchev–Trinajstić information content (AvgIpc) is 3.01. The van der Waals surface area contributed by atoms with Crippen LogP contribution in [0, 0.1) is 0 Å². The van der Waals surface area contributed by atoms with Crippen LogP contribution in [0.2, 0.25) is 0 Å². The van der Waals surface area contributed by atoms with E-state index in [-0.39, 0.29) is 5.41 Å². The van der Waals surface area contributed by atoms with E-state index in [0.29, 0.717) is 11.3 Å². The van der Waals surface area contributed by atoms with Gasteiger partial charge in [0.25, 0.3) is 0 Å². The third-order valence-corrected chi connectivity index (χ3v) is 4.50. The summed E-state index contributed by atoms with van der Waals surface area (Å²) in [6, 6.07) is 7.99. The summed E-state index contributed by atoms with van der Waals surface area (Å²) in [6.45, 7) is 11.8. The molecule has 1 aliphatic heterocycles. The van der Waals surface area contributed by atoms with Crippen molar-refractivity contribution in [2.45, 2.75) is 31.6 Å². The Morgan fingerprint density at radius 2 is 1.91 bits per heavy atom. The number of hydrogen-bond donors (Lipinski definition) is 4. The molecule has 4 N–H and O–H groups in total. The molecule has 0 bridgehead atoms. The first-order chi connectivity index (χ1) is 10.8. The van der Waals surface area contributed by atoms with Crippen LogP contribution in [0.5, 0.6) is 0 Å². The zero-order chi connectivity index (χ0) is 16.8. The summed E-state index contributed by atoms with van der Waals surface area (Å²) in [6.07, 6.45) is 1.92. The van der Waals surface area contributed by atoms with Gasteiger partial charge in [-0.1, -0.05) is 44.7 Å². The van der Waals surface area contributed by atoms with Gasteiger partial charge in [-0.05, 0) is 12.1 Å². The number of allylic oxidation sites excluding steroid dienone is 1. The minimum atomic E-state index is -0.925. The van der Waals surface area contributed by atoms with Crippen molar-refractivity contribution in [3.8, 4) is 0 Å². The van der Waals surface area contributed by atoms with Gasteiger partial charge in [0, 0.05) is 38.8 Å². The highest BCUT2D eigenvalue weighted by atomic mass is 16.3. The standard InChI is InChI=1S/C19H22N2O2/c1-5-19(3,4)17-13(12-8-6-7-9-15(12)21-17)10-14-16(22)11(2)20-18(14)23/h5-10,16,18,20-23H,1-2H2,3-4H3. The van der Waals surface area contributed by atoms with Crippen LogP contribution in [0.4, 0.5) is 0 Å². The first-order valence-electron chi connectivity index (χ1n) is 7.63. The van der Waals surface area contributed by atoms with Crippen LogP contribution in [0.1, 0.15) is 25.1 Å². The smallest absolute Gasteiger partial charge is 0.149 e. The molecule has 1 aromatic carbocycles. The van der Waals surface area contributed by atoms with Gasteiger partial charge in [-0.15, -0.1) is 6.58 Å². The normalized spacial score (nSPS) is 23.5.